The fourth-order valence-electron chi connectivity index (χ4n) is 2.88. The molecule has 3 rings (SSSR count). The van der Waals surface area contributed by atoms with E-state index in [1.54, 1.807) is 11.3 Å². The maximum absolute atomic E-state index is 4.86. The smallest absolute Gasteiger partial charge is 0.194 e. The van der Waals surface area contributed by atoms with Crippen LogP contribution in [0.5, 0.6) is 0 Å². The summed E-state index contributed by atoms with van der Waals surface area (Å²) in [4.78, 5) is 15.4. The van der Waals surface area contributed by atoms with Gasteiger partial charge in [0.25, 0.3) is 0 Å². The van der Waals surface area contributed by atoms with Crippen LogP contribution in [-0.4, -0.2) is 48.6 Å². The molecular formula is C17H26IN5S2. The Balaban J connectivity index is 0.00000225. The highest BCUT2D eigenvalue weighted by Gasteiger charge is 2.20. The molecule has 1 aliphatic rings. The number of hydrogen-bond donors (Lipinski definition) is 1. The van der Waals surface area contributed by atoms with Crippen LogP contribution in [0.4, 0.5) is 5.00 Å². The van der Waals surface area contributed by atoms with Crippen LogP contribution in [0.3, 0.4) is 0 Å². The largest absolute Gasteiger partial charge is 0.360 e. The first-order valence-electron chi connectivity index (χ1n) is 8.42. The van der Waals surface area contributed by atoms with Crippen LogP contribution in [0.2, 0.25) is 0 Å². The Morgan fingerprint density at radius 1 is 1.28 bits per heavy atom. The molecule has 1 fully saturated rings. The standard InChI is InChI=1S/C17H25N5S2.HI/c1-4-18-17(19-12-15-13(2)20-14(3)24-15)22-9-7-21(8-10-22)16-6-5-11-23-16;/h5-6,11H,4,7-10,12H2,1-3H3,(H,18,19);1H. The van der Waals surface area contributed by atoms with Crippen molar-refractivity contribution in [3.05, 3.63) is 33.1 Å². The summed E-state index contributed by atoms with van der Waals surface area (Å²) in [7, 11) is 0. The van der Waals surface area contributed by atoms with Crippen molar-refractivity contribution in [2.75, 3.05) is 37.6 Å². The molecule has 1 saturated heterocycles. The highest BCUT2D eigenvalue weighted by Crippen LogP contribution is 2.22. The van der Waals surface area contributed by atoms with Gasteiger partial charge >= 0.3 is 0 Å². The molecule has 0 amide bonds. The average Bonchev–Trinajstić information content (AvgIpc) is 3.21. The molecule has 0 unspecified atom stereocenters. The van der Waals surface area contributed by atoms with Crippen LogP contribution in [0.15, 0.2) is 22.5 Å². The molecule has 0 atom stereocenters. The van der Waals surface area contributed by atoms with E-state index >= 15 is 0 Å². The van der Waals surface area contributed by atoms with Crippen molar-refractivity contribution >= 4 is 57.6 Å². The van der Waals surface area contributed by atoms with Gasteiger partial charge in [0.05, 0.1) is 22.2 Å². The Hall–Kier alpha value is -0.870. The van der Waals surface area contributed by atoms with Gasteiger partial charge in [-0.2, -0.15) is 0 Å². The lowest BCUT2D eigenvalue weighted by Gasteiger charge is -2.37. The van der Waals surface area contributed by atoms with E-state index in [4.69, 9.17) is 4.99 Å². The fourth-order valence-corrected chi connectivity index (χ4v) is 4.53. The van der Waals surface area contributed by atoms with Crippen molar-refractivity contribution in [2.24, 2.45) is 4.99 Å². The highest BCUT2D eigenvalue weighted by atomic mass is 127. The summed E-state index contributed by atoms with van der Waals surface area (Å²) in [5, 5.41) is 8.07. The van der Waals surface area contributed by atoms with E-state index < -0.39 is 0 Å². The second kappa shape index (κ2) is 9.72. The third-order valence-electron chi connectivity index (χ3n) is 4.10. The molecule has 0 aromatic carbocycles. The van der Waals surface area contributed by atoms with E-state index in [0.29, 0.717) is 6.54 Å². The molecule has 0 saturated carbocycles. The van der Waals surface area contributed by atoms with Gasteiger partial charge in [-0.1, -0.05) is 0 Å². The van der Waals surface area contributed by atoms with Crippen molar-refractivity contribution in [2.45, 2.75) is 27.3 Å². The number of aromatic nitrogens is 1. The predicted molar refractivity (Wildman–Crippen MR) is 120 cm³/mol. The number of thiazole rings is 1. The summed E-state index contributed by atoms with van der Waals surface area (Å²) in [6.45, 7) is 12.0. The lowest BCUT2D eigenvalue weighted by molar-refractivity contribution is 0.373. The van der Waals surface area contributed by atoms with E-state index in [9.17, 15) is 0 Å². The van der Waals surface area contributed by atoms with Crippen molar-refractivity contribution in [1.29, 1.82) is 0 Å². The van der Waals surface area contributed by atoms with Crippen molar-refractivity contribution < 1.29 is 0 Å². The van der Waals surface area contributed by atoms with E-state index in [0.717, 1.165) is 49.4 Å². The van der Waals surface area contributed by atoms with E-state index in [1.165, 1.54) is 9.88 Å². The number of aliphatic imine (C=N–C) groups is 1. The minimum Gasteiger partial charge on any atom is -0.360 e. The first-order chi connectivity index (χ1) is 11.7. The Morgan fingerprint density at radius 3 is 2.60 bits per heavy atom. The number of rotatable bonds is 4. The molecule has 138 valence electrons. The number of piperazine rings is 1. The third-order valence-corrected chi connectivity index (χ3v) is 6.09. The number of nitrogens with one attached hydrogen (secondary N) is 1. The summed E-state index contributed by atoms with van der Waals surface area (Å²) in [6, 6.07) is 4.33. The highest BCUT2D eigenvalue weighted by molar-refractivity contribution is 14.0. The molecule has 1 aliphatic heterocycles. The van der Waals surface area contributed by atoms with Crippen LogP contribution in [0, 0.1) is 13.8 Å². The van der Waals surface area contributed by atoms with Crippen molar-refractivity contribution in [3.8, 4) is 0 Å². The van der Waals surface area contributed by atoms with Gasteiger partial charge in [-0.3, -0.25) is 0 Å². The molecule has 1 N–H and O–H groups in total. The minimum atomic E-state index is 0. The monoisotopic (exact) mass is 491 g/mol. The summed E-state index contributed by atoms with van der Waals surface area (Å²) in [5.74, 6) is 1.02. The lowest BCUT2D eigenvalue weighted by atomic mass is 10.3. The zero-order valence-electron chi connectivity index (χ0n) is 15.0. The fraction of sp³-hybridized carbons (Fsp3) is 0.529. The molecule has 0 spiro atoms. The predicted octanol–water partition coefficient (Wildman–Crippen LogP) is 3.73. The van der Waals surface area contributed by atoms with E-state index in [-0.39, 0.29) is 24.0 Å². The van der Waals surface area contributed by atoms with Crippen LogP contribution >= 0.6 is 46.7 Å². The minimum absolute atomic E-state index is 0. The summed E-state index contributed by atoms with van der Waals surface area (Å²) < 4.78 is 0. The molecule has 25 heavy (non-hydrogen) atoms. The summed E-state index contributed by atoms with van der Waals surface area (Å²) in [6.07, 6.45) is 0. The zero-order valence-corrected chi connectivity index (χ0v) is 19.0. The molecule has 0 radical (unpaired) electrons. The summed E-state index contributed by atoms with van der Waals surface area (Å²) in [5.41, 5.74) is 1.11. The Labute approximate surface area is 175 Å². The SMILES string of the molecule is CCNC(=NCc1sc(C)nc1C)N1CCN(c2cccs2)CC1.I. The van der Waals surface area contributed by atoms with Gasteiger partial charge in [0.15, 0.2) is 5.96 Å². The first-order valence-corrected chi connectivity index (χ1v) is 10.1. The third kappa shape index (κ3) is 5.30. The molecule has 8 heteroatoms. The number of guanidine groups is 1. The summed E-state index contributed by atoms with van der Waals surface area (Å²) >= 11 is 3.57. The van der Waals surface area contributed by atoms with Crippen LogP contribution in [-0.2, 0) is 6.54 Å². The molecule has 0 bridgehead atoms. The van der Waals surface area contributed by atoms with Gasteiger partial charge in [0, 0.05) is 37.6 Å². The number of aryl methyl sites for hydroxylation is 2. The Morgan fingerprint density at radius 2 is 2.04 bits per heavy atom. The number of anilines is 1. The number of thiophene rings is 1. The lowest BCUT2D eigenvalue weighted by Crippen LogP contribution is -2.52. The van der Waals surface area contributed by atoms with Crippen LogP contribution in [0.1, 0.15) is 22.5 Å². The molecule has 3 heterocycles. The zero-order chi connectivity index (χ0) is 16.9. The maximum Gasteiger partial charge on any atom is 0.194 e. The molecule has 5 nitrogen and oxygen atoms in total. The number of halogens is 1. The second-order valence-electron chi connectivity index (χ2n) is 5.84. The van der Waals surface area contributed by atoms with Crippen molar-refractivity contribution in [1.82, 2.24) is 15.2 Å². The molecular weight excluding hydrogens is 465 g/mol. The van der Waals surface area contributed by atoms with Gasteiger partial charge < -0.3 is 15.1 Å². The molecule has 2 aromatic heterocycles. The molecule has 0 aliphatic carbocycles. The maximum atomic E-state index is 4.86. The second-order valence-corrected chi connectivity index (χ2v) is 8.05. The topological polar surface area (TPSA) is 43.8 Å². The van der Waals surface area contributed by atoms with E-state index in [2.05, 4.69) is 58.4 Å². The van der Waals surface area contributed by atoms with Gasteiger partial charge in [-0.25, -0.2) is 9.98 Å². The van der Waals surface area contributed by atoms with Gasteiger partial charge in [-0.15, -0.1) is 46.7 Å². The Bertz CT molecular complexity index is 675. The van der Waals surface area contributed by atoms with Crippen molar-refractivity contribution in [3.63, 3.8) is 0 Å². The van der Waals surface area contributed by atoms with E-state index in [1.807, 2.05) is 11.3 Å². The van der Waals surface area contributed by atoms with Crippen LogP contribution < -0.4 is 10.2 Å². The first kappa shape index (κ1) is 20.4. The van der Waals surface area contributed by atoms with Gasteiger partial charge in [0.1, 0.15) is 0 Å². The van der Waals surface area contributed by atoms with Gasteiger partial charge in [-0.05, 0) is 38.3 Å². The van der Waals surface area contributed by atoms with Crippen LogP contribution in [0.25, 0.3) is 0 Å². The van der Waals surface area contributed by atoms with Gasteiger partial charge in [0.2, 0.25) is 0 Å². The normalized spacial score (nSPS) is 15.2. The Kier molecular flexibility index (Phi) is 7.95. The quantitative estimate of drug-likeness (QED) is 0.402. The molecule has 2 aromatic rings. The number of hydrogen-bond acceptors (Lipinski definition) is 5. The number of nitrogens with zero attached hydrogens (tertiary/aromatic N) is 4. The average molecular weight is 491 g/mol.